The van der Waals surface area contributed by atoms with Gasteiger partial charge in [0.05, 0.1) is 0 Å². The molecule has 0 aliphatic heterocycles. The number of carboxylic acid groups (broad SMARTS) is 1. The van der Waals surface area contributed by atoms with Gasteiger partial charge in [-0.2, -0.15) is 0 Å². The summed E-state index contributed by atoms with van der Waals surface area (Å²) < 4.78 is 5.38. The number of aliphatic carboxylic acids is 1. The molecule has 4 nitrogen and oxygen atoms in total. The molecule has 0 saturated carbocycles. The summed E-state index contributed by atoms with van der Waals surface area (Å²) >= 11 is 0. The molecule has 1 atom stereocenters. The maximum absolute atomic E-state index is 11.0. The molecule has 0 bridgehead atoms. The molecular formula is C15H21NO3. The molecule has 0 aliphatic rings. The van der Waals surface area contributed by atoms with E-state index in [0.29, 0.717) is 13.2 Å². The molecule has 4 heteroatoms. The van der Waals surface area contributed by atoms with Crippen molar-refractivity contribution in [1.82, 2.24) is 5.32 Å². The fourth-order valence-electron chi connectivity index (χ4n) is 1.69. The Labute approximate surface area is 114 Å². The molecule has 1 aromatic rings. The molecule has 104 valence electrons. The van der Waals surface area contributed by atoms with Gasteiger partial charge in [-0.15, -0.1) is 0 Å². The van der Waals surface area contributed by atoms with Gasteiger partial charge >= 0.3 is 5.97 Å². The van der Waals surface area contributed by atoms with E-state index in [-0.39, 0.29) is 5.92 Å². The van der Waals surface area contributed by atoms with Crippen molar-refractivity contribution in [1.29, 1.82) is 0 Å². The minimum absolute atomic E-state index is 0.0488. The van der Waals surface area contributed by atoms with Crippen LogP contribution in [0.3, 0.4) is 0 Å². The number of carboxylic acids is 1. The van der Waals surface area contributed by atoms with Crippen LogP contribution in [-0.2, 0) is 11.3 Å². The average molecular weight is 263 g/mol. The summed E-state index contributed by atoms with van der Waals surface area (Å²) in [6.45, 7) is 8.36. The summed E-state index contributed by atoms with van der Waals surface area (Å²) in [5.74, 6) is 0.0101. The zero-order valence-electron chi connectivity index (χ0n) is 11.4. The van der Waals surface area contributed by atoms with Crippen molar-refractivity contribution in [2.24, 2.45) is 5.92 Å². The highest BCUT2D eigenvalue weighted by atomic mass is 16.5. The second-order valence-corrected chi connectivity index (χ2v) is 4.68. The third-order valence-corrected chi connectivity index (χ3v) is 2.75. The summed E-state index contributed by atoms with van der Waals surface area (Å²) in [6, 6.07) is 7.05. The number of rotatable bonds is 8. The van der Waals surface area contributed by atoms with Gasteiger partial charge in [0.25, 0.3) is 0 Å². The van der Waals surface area contributed by atoms with Gasteiger partial charge in [0, 0.05) is 6.54 Å². The van der Waals surface area contributed by atoms with Crippen molar-refractivity contribution in [3.8, 4) is 5.75 Å². The topological polar surface area (TPSA) is 58.6 Å². The Morgan fingerprint density at radius 3 is 2.53 bits per heavy atom. The van der Waals surface area contributed by atoms with Crippen LogP contribution in [0.5, 0.6) is 5.75 Å². The van der Waals surface area contributed by atoms with Crippen molar-refractivity contribution < 1.29 is 14.6 Å². The predicted octanol–water partition coefficient (Wildman–Crippen LogP) is 2.45. The van der Waals surface area contributed by atoms with Crippen molar-refractivity contribution in [2.45, 2.75) is 26.4 Å². The lowest BCUT2D eigenvalue weighted by Crippen LogP contribution is -2.40. The monoisotopic (exact) mass is 263 g/mol. The van der Waals surface area contributed by atoms with Gasteiger partial charge in [-0.05, 0) is 23.6 Å². The Kier molecular flexibility index (Phi) is 6.09. The maximum atomic E-state index is 11.0. The lowest BCUT2D eigenvalue weighted by atomic mass is 10.0. The summed E-state index contributed by atoms with van der Waals surface area (Å²) in [5.41, 5.74) is 1.03. The minimum Gasteiger partial charge on any atom is -0.490 e. The number of nitrogens with one attached hydrogen (secondary N) is 1. The molecule has 19 heavy (non-hydrogen) atoms. The first-order valence-electron chi connectivity index (χ1n) is 6.33. The van der Waals surface area contributed by atoms with Gasteiger partial charge in [0.1, 0.15) is 18.4 Å². The van der Waals surface area contributed by atoms with Gasteiger partial charge in [0.15, 0.2) is 0 Å². The van der Waals surface area contributed by atoms with Crippen molar-refractivity contribution in [2.75, 3.05) is 6.61 Å². The first-order chi connectivity index (χ1) is 9.04. The van der Waals surface area contributed by atoms with E-state index in [0.717, 1.165) is 11.3 Å². The molecule has 0 heterocycles. The van der Waals surface area contributed by atoms with Gasteiger partial charge in [-0.3, -0.25) is 4.79 Å². The van der Waals surface area contributed by atoms with Gasteiger partial charge in [-0.25, -0.2) is 0 Å². The zero-order valence-corrected chi connectivity index (χ0v) is 11.4. The second kappa shape index (κ2) is 7.59. The first-order valence-corrected chi connectivity index (χ1v) is 6.33. The predicted molar refractivity (Wildman–Crippen MR) is 75.2 cm³/mol. The fourth-order valence-corrected chi connectivity index (χ4v) is 1.69. The quantitative estimate of drug-likeness (QED) is 0.707. The molecule has 0 spiro atoms. The number of hydrogen-bond donors (Lipinski definition) is 2. The Morgan fingerprint density at radius 2 is 2.05 bits per heavy atom. The summed E-state index contributed by atoms with van der Waals surface area (Å²) in [6.07, 6.45) is 1.69. The standard InChI is InChI=1S/C15H21NO3/c1-4-9-19-13-7-5-12(6-8-13)10-16-14(11(2)3)15(17)18/h4-8,11,14,16H,1,9-10H2,2-3H3,(H,17,18). The van der Waals surface area contributed by atoms with Crippen LogP contribution in [-0.4, -0.2) is 23.7 Å². The van der Waals surface area contributed by atoms with Crippen LogP contribution in [0, 0.1) is 5.92 Å². The molecule has 2 N–H and O–H groups in total. The molecule has 0 radical (unpaired) electrons. The number of hydrogen-bond acceptors (Lipinski definition) is 3. The lowest BCUT2D eigenvalue weighted by molar-refractivity contribution is -0.140. The number of carbonyl (C=O) groups is 1. The molecule has 1 rings (SSSR count). The normalized spacial score (nSPS) is 12.2. The van der Waals surface area contributed by atoms with Crippen molar-refractivity contribution in [3.63, 3.8) is 0 Å². The van der Waals surface area contributed by atoms with E-state index in [1.54, 1.807) is 6.08 Å². The Balaban J connectivity index is 2.53. The van der Waals surface area contributed by atoms with Crippen LogP contribution < -0.4 is 10.1 Å². The zero-order chi connectivity index (χ0) is 14.3. The molecule has 0 saturated heterocycles. The Morgan fingerprint density at radius 1 is 1.42 bits per heavy atom. The third-order valence-electron chi connectivity index (χ3n) is 2.75. The SMILES string of the molecule is C=CCOc1ccc(CNC(C(=O)O)C(C)C)cc1. The average Bonchev–Trinajstić information content (AvgIpc) is 2.37. The molecule has 0 aliphatic carbocycles. The summed E-state index contributed by atoms with van der Waals surface area (Å²) in [5, 5.41) is 12.1. The van der Waals surface area contributed by atoms with Crippen molar-refractivity contribution >= 4 is 5.97 Å². The van der Waals surface area contributed by atoms with E-state index >= 15 is 0 Å². The smallest absolute Gasteiger partial charge is 0.320 e. The van der Waals surface area contributed by atoms with Gasteiger partial charge < -0.3 is 15.2 Å². The molecule has 1 unspecified atom stereocenters. The second-order valence-electron chi connectivity index (χ2n) is 4.68. The summed E-state index contributed by atoms with van der Waals surface area (Å²) in [7, 11) is 0. The van der Waals surface area contributed by atoms with E-state index in [4.69, 9.17) is 9.84 Å². The third kappa shape index (κ3) is 5.14. The summed E-state index contributed by atoms with van der Waals surface area (Å²) in [4.78, 5) is 11.0. The maximum Gasteiger partial charge on any atom is 0.320 e. The highest BCUT2D eigenvalue weighted by molar-refractivity contribution is 5.73. The molecule has 1 aromatic carbocycles. The van der Waals surface area contributed by atoms with E-state index in [9.17, 15) is 4.79 Å². The molecular weight excluding hydrogens is 242 g/mol. The molecule has 0 aromatic heterocycles. The minimum atomic E-state index is -0.819. The van der Waals surface area contributed by atoms with E-state index in [2.05, 4.69) is 11.9 Å². The van der Waals surface area contributed by atoms with Crippen LogP contribution in [0.1, 0.15) is 19.4 Å². The number of ether oxygens (including phenoxy) is 1. The first kappa shape index (κ1) is 15.2. The van der Waals surface area contributed by atoms with Crippen LogP contribution in [0.15, 0.2) is 36.9 Å². The van der Waals surface area contributed by atoms with Crippen LogP contribution in [0.4, 0.5) is 0 Å². The van der Waals surface area contributed by atoms with Gasteiger partial charge in [-0.1, -0.05) is 38.6 Å². The van der Waals surface area contributed by atoms with Crippen LogP contribution in [0.2, 0.25) is 0 Å². The van der Waals surface area contributed by atoms with Crippen LogP contribution >= 0.6 is 0 Å². The highest BCUT2D eigenvalue weighted by Gasteiger charge is 2.20. The van der Waals surface area contributed by atoms with E-state index in [1.165, 1.54) is 0 Å². The molecule has 0 amide bonds. The molecule has 0 fully saturated rings. The highest BCUT2D eigenvalue weighted by Crippen LogP contribution is 2.12. The lowest BCUT2D eigenvalue weighted by Gasteiger charge is -2.18. The Hall–Kier alpha value is -1.81. The van der Waals surface area contributed by atoms with Crippen LogP contribution in [0.25, 0.3) is 0 Å². The van der Waals surface area contributed by atoms with E-state index in [1.807, 2.05) is 38.1 Å². The van der Waals surface area contributed by atoms with Crippen molar-refractivity contribution in [3.05, 3.63) is 42.5 Å². The number of benzene rings is 1. The van der Waals surface area contributed by atoms with E-state index < -0.39 is 12.0 Å². The largest absolute Gasteiger partial charge is 0.490 e. The Bertz CT molecular complexity index is 412. The fraction of sp³-hybridized carbons (Fsp3) is 0.400. The van der Waals surface area contributed by atoms with Gasteiger partial charge in [0.2, 0.25) is 0 Å².